The molecule has 5 N–H and O–H groups in total. The van der Waals surface area contributed by atoms with E-state index in [4.69, 9.17) is 4.74 Å². The van der Waals surface area contributed by atoms with Crippen molar-refractivity contribution in [2.75, 3.05) is 0 Å². The lowest BCUT2D eigenvalue weighted by atomic mass is 9.92. The molecule has 1 heterocycles. The third-order valence-electron chi connectivity index (χ3n) is 3.83. The van der Waals surface area contributed by atoms with Crippen LogP contribution in [0.1, 0.15) is 30.6 Å². The van der Waals surface area contributed by atoms with E-state index < -0.39 is 6.10 Å². The number of phenols is 4. The molecule has 0 aromatic heterocycles. The average molecular weight is 316 g/mol. The van der Waals surface area contributed by atoms with E-state index in [1.54, 1.807) is 6.07 Å². The molecule has 1 unspecified atom stereocenters. The van der Waals surface area contributed by atoms with Crippen LogP contribution in [0.5, 0.6) is 28.7 Å². The van der Waals surface area contributed by atoms with Crippen LogP contribution in [0.4, 0.5) is 0 Å². The van der Waals surface area contributed by atoms with Gasteiger partial charge in [-0.15, -0.1) is 0 Å². The lowest BCUT2D eigenvalue weighted by Crippen LogP contribution is -2.15. The Bertz CT molecular complexity index is 809. The van der Waals surface area contributed by atoms with E-state index in [0.29, 0.717) is 23.3 Å². The molecule has 2 aromatic carbocycles. The standard InChI is InChI=1S/C17H16O6/c1-2-10-16(22)15-13(21)6-9(18)7-14(15)23-17(10)8-3-4-11(19)12(20)5-8/h3-7,16,18-22H,2H2,1H3. The Morgan fingerprint density at radius 2 is 1.70 bits per heavy atom. The van der Waals surface area contributed by atoms with Gasteiger partial charge in [0, 0.05) is 23.3 Å². The molecule has 2 aromatic rings. The van der Waals surface area contributed by atoms with Crippen molar-refractivity contribution >= 4 is 5.76 Å². The van der Waals surface area contributed by atoms with Crippen molar-refractivity contribution in [3.8, 4) is 28.7 Å². The molecule has 0 fully saturated rings. The molecule has 1 atom stereocenters. The summed E-state index contributed by atoms with van der Waals surface area (Å²) in [5.41, 5.74) is 1.17. The summed E-state index contributed by atoms with van der Waals surface area (Å²) in [6, 6.07) is 6.61. The fraction of sp³-hybridized carbons (Fsp3) is 0.176. The number of hydrogen-bond acceptors (Lipinski definition) is 6. The molecule has 3 rings (SSSR count). The fourth-order valence-electron chi connectivity index (χ4n) is 2.69. The van der Waals surface area contributed by atoms with Crippen molar-refractivity contribution in [1.82, 2.24) is 0 Å². The van der Waals surface area contributed by atoms with Crippen LogP contribution >= 0.6 is 0 Å². The summed E-state index contributed by atoms with van der Waals surface area (Å²) in [5, 5.41) is 49.2. The van der Waals surface area contributed by atoms with Crippen LogP contribution in [0.3, 0.4) is 0 Å². The van der Waals surface area contributed by atoms with E-state index in [1.807, 2.05) is 6.92 Å². The minimum atomic E-state index is -1.10. The van der Waals surface area contributed by atoms with Crippen LogP contribution in [-0.2, 0) is 0 Å². The van der Waals surface area contributed by atoms with Crippen LogP contribution in [-0.4, -0.2) is 25.5 Å². The van der Waals surface area contributed by atoms with Crippen LogP contribution in [0.25, 0.3) is 5.76 Å². The number of rotatable bonds is 2. The summed E-state index contributed by atoms with van der Waals surface area (Å²) < 4.78 is 5.76. The minimum absolute atomic E-state index is 0.134. The molecule has 120 valence electrons. The SMILES string of the molecule is CCC1=C(c2ccc(O)c(O)c2)Oc2cc(O)cc(O)c2C1O. The van der Waals surface area contributed by atoms with Gasteiger partial charge >= 0.3 is 0 Å². The van der Waals surface area contributed by atoms with E-state index in [0.717, 1.165) is 6.07 Å². The van der Waals surface area contributed by atoms with Crippen molar-refractivity contribution in [2.24, 2.45) is 0 Å². The Morgan fingerprint density at radius 3 is 2.35 bits per heavy atom. The average Bonchev–Trinajstić information content (AvgIpc) is 2.49. The van der Waals surface area contributed by atoms with Crippen molar-refractivity contribution in [3.05, 3.63) is 47.0 Å². The van der Waals surface area contributed by atoms with Gasteiger partial charge in [-0.3, -0.25) is 0 Å². The summed E-state index contributed by atoms with van der Waals surface area (Å²) in [5.74, 6) is -0.581. The first kappa shape index (κ1) is 15.1. The topological polar surface area (TPSA) is 110 Å². The van der Waals surface area contributed by atoms with E-state index >= 15 is 0 Å². The van der Waals surface area contributed by atoms with Gasteiger partial charge in [0.15, 0.2) is 11.5 Å². The molecule has 0 bridgehead atoms. The number of aliphatic hydroxyl groups excluding tert-OH is 1. The highest BCUT2D eigenvalue weighted by molar-refractivity contribution is 5.73. The van der Waals surface area contributed by atoms with E-state index in [2.05, 4.69) is 0 Å². The molecule has 23 heavy (non-hydrogen) atoms. The maximum absolute atomic E-state index is 10.6. The zero-order valence-electron chi connectivity index (χ0n) is 12.3. The molecule has 0 spiro atoms. The number of aliphatic hydroxyl groups is 1. The smallest absolute Gasteiger partial charge is 0.158 e. The summed E-state index contributed by atoms with van der Waals surface area (Å²) >= 11 is 0. The molecule has 0 saturated carbocycles. The Balaban J connectivity index is 2.17. The summed E-state index contributed by atoms with van der Waals surface area (Å²) in [7, 11) is 0. The van der Waals surface area contributed by atoms with Gasteiger partial charge < -0.3 is 30.3 Å². The summed E-state index contributed by atoms with van der Waals surface area (Å²) in [6.45, 7) is 1.82. The predicted molar refractivity (Wildman–Crippen MR) is 82.3 cm³/mol. The molecular weight excluding hydrogens is 300 g/mol. The van der Waals surface area contributed by atoms with Crippen molar-refractivity contribution in [1.29, 1.82) is 0 Å². The van der Waals surface area contributed by atoms with Crippen molar-refractivity contribution in [3.63, 3.8) is 0 Å². The second-order valence-corrected chi connectivity index (χ2v) is 5.29. The molecule has 0 amide bonds. The number of aromatic hydroxyl groups is 4. The molecule has 0 saturated heterocycles. The fourth-order valence-corrected chi connectivity index (χ4v) is 2.69. The number of phenolic OH excluding ortho intramolecular Hbond substituents is 4. The lowest BCUT2D eigenvalue weighted by Gasteiger charge is -2.28. The third kappa shape index (κ3) is 2.43. The van der Waals surface area contributed by atoms with Crippen LogP contribution in [0.15, 0.2) is 35.9 Å². The minimum Gasteiger partial charge on any atom is -0.508 e. The molecule has 0 radical (unpaired) electrons. The zero-order valence-corrected chi connectivity index (χ0v) is 12.3. The maximum atomic E-state index is 10.6. The first-order valence-corrected chi connectivity index (χ1v) is 7.09. The first-order valence-electron chi connectivity index (χ1n) is 7.09. The van der Waals surface area contributed by atoms with Crippen molar-refractivity contribution < 1.29 is 30.3 Å². The highest BCUT2D eigenvalue weighted by Gasteiger charge is 2.31. The summed E-state index contributed by atoms with van der Waals surface area (Å²) in [6.07, 6.45) is -0.659. The normalized spacial score (nSPS) is 16.9. The van der Waals surface area contributed by atoms with Crippen LogP contribution in [0, 0.1) is 0 Å². The quantitative estimate of drug-likeness (QED) is 0.545. The lowest BCUT2D eigenvalue weighted by molar-refractivity contribution is 0.194. The van der Waals surface area contributed by atoms with Gasteiger partial charge in [0.05, 0.1) is 5.56 Å². The Hall–Kier alpha value is -2.86. The molecule has 1 aliphatic rings. The Labute approximate surface area is 132 Å². The molecular formula is C17H16O6. The highest BCUT2D eigenvalue weighted by atomic mass is 16.5. The van der Waals surface area contributed by atoms with E-state index in [9.17, 15) is 25.5 Å². The van der Waals surface area contributed by atoms with Gasteiger partial charge in [-0.1, -0.05) is 6.92 Å². The van der Waals surface area contributed by atoms with E-state index in [1.165, 1.54) is 18.2 Å². The van der Waals surface area contributed by atoms with Gasteiger partial charge in [0.2, 0.25) is 0 Å². The van der Waals surface area contributed by atoms with Crippen LogP contribution < -0.4 is 4.74 Å². The second-order valence-electron chi connectivity index (χ2n) is 5.29. The zero-order chi connectivity index (χ0) is 16.7. The monoisotopic (exact) mass is 316 g/mol. The number of benzene rings is 2. The number of ether oxygens (including phenoxy) is 1. The Kier molecular flexibility index (Phi) is 3.54. The van der Waals surface area contributed by atoms with Gasteiger partial charge in [-0.05, 0) is 24.6 Å². The Morgan fingerprint density at radius 1 is 0.957 bits per heavy atom. The second kappa shape index (κ2) is 5.40. The van der Waals surface area contributed by atoms with Crippen LogP contribution in [0.2, 0.25) is 0 Å². The molecule has 6 nitrogen and oxygen atoms in total. The molecule has 0 aliphatic carbocycles. The van der Waals surface area contributed by atoms with Gasteiger partial charge in [0.1, 0.15) is 29.1 Å². The molecule has 6 heteroatoms. The predicted octanol–water partition coefficient (Wildman–Crippen LogP) is 2.76. The van der Waals surface area contributed by atoms with Gasteiger partial charge in [0.25, 0.3) is 0 Å². The van der Waals surface area contributed by atoms with Gasteiger partial charge in [-0.2, -0.15) is 0 Å². The number of fused-ring (bicyclic) bond motifs is 1. The first-order chi connectivity index (χ1) is 10.9. The highest BCUT2D eigenvalue weighted by Crippen LogP contribution is 2.48. The number of hydrogen-bond donors (Lipinski definition) is 5. The maximum Gasteiger partial charge on any atom is 0.158 e. The van der Waals surface area contributed by atoms with Gasteiger partial charge in [-0.25, -0.2) is 0 Å². The third-order valence-corrected chi connectivity index (χ3v) is 3.83. The summed E-state index contributed by atoms with van der Waals surface area (Å²) in [4.78, 5) is 0. The molecule has 1 aliphatic heterocycles. The van der Waals surface area contributed by atoms with E-state index in [-0.39, 0.29) is 34.3 Å². The largest absolute Gasteiger partial charge is 0.508 e. The van der Waals surface area contributed by atoms with Crippen molar-refractivity contribution in [2.45, 2.75) is 19.4 Å².